The summed E-state index contributed by atoms with van der Waals surface area (Å²) >= 11 is 0. The molecule has 2 aliphatic heterocycles. The molecule has 2 saturated heterocycles. The van der Waals surface area contributed by atoms with E-state index in [-0.39, 0.29) is 0 Å². The Kier molecular flexibility index (Phi) is 5.22. The number of aromatic nitrogens is 3. The summed E-state index contributed by atoms with van der Waals surface area (Å²) in [6.45, 7) is 8.39. The zero-order valence-electron chi connectivity index (χ0n) is 16.7. The van der Waals surface area contributed by atoms with Gasteiger partial charge in [-0.05, 0) is 63.5 Å². The van der Waals surface area contributed by atoms with Gasteiger partial charge >= 0.3 is 0 Å². The Balaban J connectivity index is 1.30. The lowest BCUT2D eigenvalue weighted by Gasteiger charge is -2.56. The Bertz CT molecular complexity index is 716. The molecule has 4 rings (SSSR count). The number of hydrogen-bond acceptors (Lipinski definition) is 4. The molecule has 5 heteroatoms. The van der Waals surface area contributed by atoms with Crippen LogP contribution in [0.2, 0.25) is 0 Å². The molecule has 0 amide bonds. The quantitative estimate of drug-likeness (QED) is 0.751. The Labute approximate surface area is 163 Å². The number of rotatable bonds is 6. The molecule has 1 aromatic heterocycles. The summed E-state index contributed by atoms with van der Waals surface area (Å²) in [5.41, 5.74) is 2.19. The second-order valence-corrected chi connectivity index (χ2v) is 9.11. The predicted molar refractivity (Wildman–Crippen MR) is 110 cm³/mol. The first-order valence-corrected chi connectivity index (χ1v) is 10.5. The van der Waals surface area contributed by atoms with Gasteiger partial charge in [-0.15, -0.1) is 0 Å². The summed E-state index contributed by atoms with van der Waals surface area (Å²) in [6.07, 6.45) is 9.34. The standard InChI is InChI=1S/C22H33N5/c1-21(19-8-4-3-5-9-19)11-12-22(2)15-18(10-14-27(22)16-21)7-6-13-23-20-24-17-25-26-20/h3-5,8-9,17-18H,6-7,10-16H2,1-2H3,(H2,23,24,25,26). The topological polar surface area (TPSA) is 56.8 Å². The summed E-state index contributed by atoms with van der Waals surface area (Å²) in [7, 11) is 0. The van der Waals surface area contributed by atoms with E-state index in [2.05, 4.69) is 69.6 Å². The zero-order chi connectivity index (χ0) is 18.7. The molecule has 3 unspecified atom stereocenters. The molecule has 146 valence electrons. The van der Waals surface area contributed by atoms with E-state index in [1.165, 1.54) is 57.2 Å². The Hall–Kier alpha value is -1.88. The van der Waals surface area contributed by atoms with Crippen molar-refractivity contribution < 1.29 is 0 Å². The van der Waals surface area contributed by atoms with Crippen molar-refractivity contribution in [3.05, 3.63) is 42.2 Å². The third-order valence-electron chi connectivity index (χ3n) is 7.02. The van der Waals surface area contributed by atoms with Crippen LogP contribution in [-0.2, 0) is 5.41 Å². The molecule has 0 saturated carbocycles. The second-order valence-electron chi connectivity index (χ2n) is 9.11. The fourth-order valence-corrected chi connectivity index (χ4v) is 5.25. The molecule has 0 aliphatic carbocycles. The highest BCUT2D eigenvalue weighted by molar-refractivity contribution is 5.27. The minimum atomic E-state index is 0.300. The van der Waals surface area contributed by atoms with Gasteiger partial charge in [0.15, 0.2) is 0 Å². The largest absolute Gasteiger partial charge is 0.355 e. The fourth-order valence-electron chi connectivity index (χ4n) is 5.25. The van der Waals surface area contributed by atoms with Crippen LogP contribution in [0.1, 0.15) is 57.9 Å². The number of H-pyrrole nitrogens is 1. The Morgan fingerprint density at radius 1 is 1.22 bits per heavy atom. The smallest absolute Gasteiger partial charge is 0.218 e. The molecule has 0 radical (unpaired) electrons. The van der Waals surface area contributed by atoms with Crippen molar-refractivity contribution in [3.8, 4) is 0 Å². The predicted octanol–water partition coefficient (Wildman–Crippen LogP) is 4.22. The molecule has 2 fully saturated rings. The molecule has 0 spiro atoms. The fraction of sp³-hybridized carbons (Fsp3) is 0.636. The van der Waals surface area contributed by atoms with Gasteiger partial charge in [-0.2, -0.15) is 5.10 Å². The summed E-state index contributed by atoms with van der Waals surface area (Å²) < 4.78 is 0. The summed E-state index contributed by atoms with van der Waals surface area (Å²) in [4.78, 5) is 6.92. The highest BCUT2D eigenvalue weighted by atomic mass is 15.3. The summed E-state index contributed by atoms with van der Waals surface area (Å²) in [6, 6.07) is 11.1. The number of aromatic amines is 1. The third kappa shape index (κ3) is 4.03. The highest BCUT2D eigenvalue weighted by Crippen LogP contribution is 2.46. The van der Waals surface area contributed by atoms with Gasteiger partial charge in [-0.1, -0.05) is 37.3 Å². The monoisotopic (exact) mass is 367 g/mol. The lowest BCUT2D eigenvalue weighted by molar-refractivity contribution is -0.0276. The number of anilines is 1. The van der Waals surface area contributed by atoms with Crippen molar-refractivity contribution in [3.63, 3.8) is 0 Å². The van der Waals surface area contributed by atoms with E-state index < -0.39 is 0 Å². The van der Waals surface area contributed by atoms with E-state index in [9.17, 15) is 0 Å². The van der Waals surface area contributed by atoms with Gasteiger partial charge in [0, 0.05) is 24.0 Å². The Morgan fingerprint density at radius 3 is 2.85 bits per heavy atom. The number of nitrogens with zero attached hydrogens (tertiary/aromatic N) is 3. The van der Waals surface area contributed by atoms with Crippen LogP contribution in [0.3, 0.4) is 0 Å². The van der Waals surface area contributed by atoms with Gasteiger partial charge in [0.1, 0.15) is 6.33 Å². The Morgan fingerprint density at radius 2 is 2.07 bits per heavy atom. The number of benzene rings is 1. The van der Waals surface area contributed by atoms with Gasteiger partial charge in [0.25, 0.3) is 0 Å². The molecule has 27 heavy (non-hydrogen) atoms. The zero-order valence-corrected chi connectivity index (χ0v) is 16.7. The average Bonchev–Trinajstić information content (AvgIpc) is 3.20. The van der Waals surface area contributed by atoms with Crippen molar-refractivity contribution in [2.75, 3.05) is 25.0 Å². The lowest BCUT2D eigenvalue weighted by atomic mass is 9.66. The number of fused-ring (bicyclic) bond motifs is 1. The van der Waals surface area contributed by atoms with E-state index in [1.54, 1.807) is 6.33 Å². The van der Waals surface area contributed by atoms with Gasteiger partial charge < -0.3 is 5.32 Å². The van der Waals surface area contributed by atoms with E-state index in [4.69, 9.17) is 0 Å². The maximum absolute atomic E-state index is 4.12. The van der Waals surface area contributed by atoms with E-state index >= 15 is 0 Å². The molecule has 1 aromatic carbocycles. The van der Waals surface area contributed by atoms with E-state index in [0.717, 1.165) is 18.4 Å². The maximum Gasteiger partial charge on any atom is 0.218 e. The van der Waals surface area contributed by atoms with Crippen molar-refractivity contribution in [2.45, 2.75) is 63.3 Å². The minimum Gasteiger partial charge on any atom is -0.355 e. The molecular weight excluding hydrogens is 334 g/mol. The van der Waals surface area contributed by atoms with Gasteiger partial charge in [-0.3, -0.25) is 4.90 Å². The van der Waals surface area contributed by atoms with Gasteiger partial charge in [0.05, 0.1) is 0 Å². The molecule has 3 heterocycles. The van der Waals surface area contributed by atoms with Crippen LogP contribution >= 0.6 is 0 Å². The highest BCUT2D eigenvalue weighted by Gasteiger charge is 2.46. The molecule has 5 nitrogen and oxygen atoms in total. The van der Waals surface area contributed by atoms with Crippen molar-refractivity contribution >= 4 is 5.95 Å². The van der Waals surface area contributed by atoms with Crippen molar-refractivity contribution in [1.82, 2.24) is 20.1 Å². The first-order chi connectivity index (χ1) is 13.1. The normalized spacial score (nSPS) is 31.4. The molecule has 2 aromatic rings. The van der Waals surface area contributed by atoms with Crippen LogP contribution < -0.4 is 5.32 Å². The summed E-state index contributed by atoms with van der Waals surface area (Å²) in [5.74, 6) is 1.63. The lowest BCUT2D eigenvalue weighted by Crippen LogP contribution is -2.59. The first-order valence-electron chi connectivity index (χ1n) is 10.5. The molecular formula is C22H33N5. The average molecular weight is 368 g/mol. The van der Waals surface area contributed by atoms with Crippen LogP contribution in [0, 0.1) is 5.92 Å². The van der Waals surface area contributed by atoms with Crippen LogP contribution in [0.5, 0.6) is 0 Å². The third-order valence-corrected chi connectivity index (χ3v) is 7.02. The second kappa shape index (κ2) is 7.63. The maximum atomic E-state index is 4.12. The van der Waals surface area contributed by atoms with Crippen LogP contribution in [0.25, 0.3) is 0 Å². The van der Waals surface area contributed by atoms with Gasteiger partial charge in [-0.25, -0.2) is 10.1 Å². The van der Waals surface area contributed by atoms with Crippen molar-refractivity contribution in [1.29, 1.82) is 0 Å². The van der Waals surface area contributed by atoms with Gasteiger partial charge in [0.2, 0.25) is 5.95 Å². The van der Waals surface area contributed by atoms with E-state index in [0.29, 0.717) is 11.0 Å². The first kappa shape index (κ1) is 18.5. The SMILES string of the molecule is CC1(c2ccccc2)CCC2(C)CC(CCCNc3ncn[nH]3)CCN2C1. The van der Waals surface area contributed by atoms with E-state index in [1.807, 2.05) is 0 Å². The van der Waals surface area contributed by atoms with Crippen LogP contribution in [0.15, 0.2) is 36.7 Å². The molecule has 0 bridgehead atoms. The number of hydrogen-bond donors (Lipinski definition) is 2. The minimum absolute atomic E-state index is 0.300. The number of piperidine rings is 2. The van der Waals surface area contributed by atoms with Crippen molar-refractivity contribution in [2.24, 2.45) is 5.92 Å². The van der Waals surface area contributed by atoms with Crippen LogP contribution in [0.4, 0.5) is 5.95 Å². The molecule has 2 aliphatic rings. The molecule has 2 N–H and O–H groups in total. The summed E-state index contributed by atoms with van der Waals surface area (Å²) in [5, 5.41) is 10.1. The van der Waals surface area contributed by atoms with Crippen LogP contribution in [-0.4, -0.2) is 45.3 Å². The molecule has 3 atom stereocenters. The number of nitrogens with one attached hydrogen (secondary N) is 2.